The molecule has 1 aliphatic rings. The Labute approximate surface area is 248 Å². The Morgan fingerprint density at radius 1 is 1.10 bits per heavy atom. The average molecular weight is 680 g/mol. The first-order valence-corrected chi connectivity index (χ1v) is 15.2. The van der Waals surface area contributed by atoms with Crippen LogP contribution in [0.3, 0.4) is 0 Å². The summed E-state index contributed by atoms with van der Waals surface area (Å²) in [6.45, 7) is 2.37. The van der Waals surface area contributed by atoms with Crippen LogP contribution in [0.1, 0.15) is 28.2 Å². The largest absolute Gasteiger partial charge is 0.490 e. The number of benzene rings is 3. The van der Waals surface area contributed by atoms with Crippen molar-refractivity contribution in [3.8, 4) is 17.2 Å². The molecule has 0 saturated carbocycles. The molecule has 3 aromatic carbocycles. The van der Waals surface area contributed by atoms with E-state index in [0.29, 0.717) is 34.0 Å². The molecule has 204 valence electrons. The van der Waals surface area contributed by atoms with E-state index in [0.717, 1.165) is 9.13 Å². The van der Waals surface area contributed by atoms with Crippen molar-refractivity contribution >= 4 is 63.9 Å². The lowest BCUT2D eigenvalue weighted by Gasteiger charge is -2.14. The van der Waals surface area contributed by atoms with Crippen molar-refractivity contribution < 1.29 is 23.9 Å². The third-order valence-electron chi connectivity index (χ3n) is 5.41. The van der Waals surface area contributed by atoms with E-state index in [4.69, 9.17) is 14.2 Å². The standard InChI is InChI=1S/C27H26IN3O6S2/c1-2-35-24-14-19(13-23(28)26(24)37-16-18-3-7-21(8-4-18)31(33)34)15-29-30-25(32)17-36-22-9-5-20(6-10-22)27-38-11-12-39-27/h3-10,13-15,27H,2,11-12,16-17H2,1H3,(H,30,32)/b29-15-. The van der Waals surface area contributed by atoms with Crippen molar-refractivity contribution in [1.29, 1.82) is 0 Å². The summed E-state index contributed by atoms with van der Waals surface area (Å²) >= 11 is 6.03. The van der Waals surface area contributed by atoms with Gasteiger partial charge in [0.2, 0.25) is 0 Å². The molecule has 1 aliphatic heterocycles. The van der Waals surface area contributed by atoms with Crippen molar-refractivity contribution in [2.24, 2.45) is 5.10 Å². The molecule has 1 amide bonds. The summed E-state index contributed by atoms with van der Waals surface area (Å²) in [6.07, 6.45) is 1.52. The van der Waals surface area contributed by atoms with Gasteiger partial charge in [0.25, 0.3) is 11.6 Å². The predicted octanol–water partition coefficient (Wildman–Crippen LogP) is 6.18. The van der Waals surface area contributed by atoms with Gasteiger partial charge in [0, 0.05) is 23.6 Å². The van der Waals surface area contributed by atoms with Gasteiger partial charge in [0.05, 0.1) is 25.9 Å². The molecule has 3 aromatic rings. The minimum absolute atomic E-state index is 0.0253. The number of rotatable bonds is 12. The van der Waals surface area contributed by atoms with Crippen molar-refractivity contribution in [3.63, 3.8) is 0 Å². The van der Waals surface area contributed by atoms with E-state index in [1.807, 2.05) is 60.8 Å². The van der Waals surface area contributed by atoms with Gasteiger partial charge in [-0.3, -0.25) is 14.9 Å². The second-order valence-electron chi connectivity index (χ2n) is 8.20. The van der Waals surface area contributed by atoms with Crippen LogP contribution in [0.5, 0.6) is 17.2 Å². The van der Waals surface area contributed by atoms with Crippen LogP contribution in [0.2, 0.25) is 0 Å². The molecule has 0 bridgehead atoms. The molecule has 0 aliphatic carbocycles. The average Bonchev–Trinajstić information content (AvgIpc) is 3.47. The predicted molar refractivity (Wildman–Crippen MR) is 163 cm³/mol. The number of nitrogens with one attached hydrogen (secondary N) is 1. The number of hydrazone groups is 1. The van der Waals surface area contributed by atoms with Crippen molar-refractivity contribution in [3.05, 3.63) is 91.0 Å². The highest BCUT2D eigenvalue weighted by Crippen LogP contribution is 2.45. The van der Waals surface area contributed by atoms with Crippen LogP contribution >= 0.6 is 46.1 Å². The Morgan fingerprint density at radius 2 is 1.82 bits per heavy atom. The van der Waals surface area contributed by atoms with Crippen LogP contribution in [-0.2, 0) is 11.4 Å². The molecule has 0 radical (unpaired) electrons. The highest BCUT2D eigenvalue weighted by Gasteiger charge is 2.18. The summed E-state index contributed by atoms with van der Waals surface area (Å²) in [6, 6.07) is 17.7. The molecular weight excluding hydrogens is 653 g/mol. The number of halogens is 1. The summed E-state index contributed by atoms with van der Waals surface area (Å²) < 4.78 is 18.6. The van der Waals surface area contributed by atoms with Gasteiger partial charge in [-0.2, -0.15) is 5.10 Å². The zero-order valence-corrected chi connectivity index (χ0v) is 24.8. The van der Waals surface area contributed by atoms with Crippen LogP contribution in [0.15, 0.2) is 65.8 Å². The first-order chi connectivity index (χ1) is 18.9. The van der Waals surface area contributed by atoms with E-state index in [1.54, 1.807) is 18.2 Å². The third kappa shape index (κ3) is 8.51. The van der Waals surface area contributed by atoms with Crippen LogP contribution < -0.4 is 19.6 Å². The molecular formula is C27H26IN3O6S2. The lowest BCUT2D eigenvalue weighted by molar-refractivity contribution is -0.384. The maximum atomic E-state index is 12.2. The molecule has 0 spiro atoms. The second-order valence-corrected chi connectivity index (χ2v) is 12.1. The minimum atomic E-state index is -0.440. The summed E-state index contributed by atoms with van der Waals surface area (Å²) in [7, 11) is 0. The van der Waals surface area contributed by atoms with Gasteiger partial charge in [0.1, 0.15) is 12.4 Å². The normalized spacial score (nSPS) is 13.4. The van der Waals surface area contributed by atoms with Gasteiger partial charge in [0.15, 0.2) is 18.1 Å². The number of ether oxygens (including phenoxy) is 3. The Hall–Kier alpha value is -2.97. The molecule has 12 heteroatoms. The third-order valence-corrected chi connectivity index (χ3v) is 9.31. The zero-order valence-electron chi connectivity index (χ0n) is 21.0. The smallest absolute Gasteiger partial charge is 0.277 e. The number of nitro groups is 1. The van der Waals surface area contributed by atoms with E-state index in [2.05, 4.69) is 33.1 Å². The summed E-state index contributed by atoms with van der Waals surface area (Å²) in [5, 5.41) is 14.9. The fourth-order valence-electron chi connectivity index (χ4n) is 3.57. The Kier molecular flexibility index (Phi) is 10.7. The van der Waals surface area contributed by atoms with Crippen molar-refractivity contribution in [2.45, 2.75) is 18.1 Å². The maximum Gasteiger partial charge on any atom is 0.277 e. The van der Waals surface area contributed by atoms with Gasteiger partial charge in [-0.25, -0.2) is 5.43 Å². The van der Waals surface area contributed by atoms with E-state index in [9.17, 15) is 14.9 Å². The fourth-order valence-corrected chi connectivity index (χ4v) is 7.21. The number of non-ortho nitro benzene ring substituents is 1. The lowest BCUT2D eigenvalue weighted by Crippen LogP contribution is -2.24. The van der Waals surface area contributed by atoms with Crippen molar-refractivity contribution in [1.82, 2.24) is 5.43 Å². The van der Waals surface area contributed by atoms with E-state index in [-0.39, 0.29) is 24.8 Å². The molecule has 1 N–H and O–H groups in total. The Balaban J connectivity index is 1.30. The monoisotopic (exact) mass is 679 g/mol. The van der Waals surface area contributed by atoms with Crippen LogP contribution in [-0.4, -0.2) is 41.8 Å². The number of thioether (sulfide) groups is 2. The number of carbonyl (C=O) groups is 1. The number of hydrogen-bond acceptors (Lipinski definition) is 9. The van der Waals surface area contributed by atoms with Crippen molar-refractivity contribution in [2.75, 3.05) is 24.7 Å². The van der Waals surface area contributed by atoms with Gasteiger partial charge >= 0.3 is 0 Å². The summed E-state index contributed by atoms with van der Waals surface area (Å²) in [5.41, 5.74) is 5.26. The van der Waals surface area contributed by atoms with Gasteiger partial charge in [-0.05, 0) is 82.6 Å². The van der Waals surface area contributed by atoms with E-state index < -0.39 is 4.92 Å². The van der Waals surface area contributed by atoms with Gasteiger partial charge in [-0.1, -0.05) is 12.1 Å². The van der Waals surface area contributed by atoms with E-state index in [1.165, 1.54) is 35.4 Å². The zero-order chi connectivity index (χ0) is 27.6. The number of hydrogen-bond donors (Lipinski definition) is 1. The molecule has 0 atom stereocenters. The number of nitro benzene ring substituents is 1. The molecule has 1 saturated heterocycles. The van der Waals surface area contributed by atoms with Crippen LogP contribution in [0, 0.1) is 13.7 Å². The molecule has 0 unspecified atom stereocenters. The fraction of sp³-hybridized carbons (Fsp3) is 0.259. The first-order valence-electron chi connectivity index (χ1n) is 12.0. The quantitative estimate of drug-likeness (QED) is 0.105. The van der Waals surface area contributed by atoms with E-state index >= 15 is 0 Å². The highest BCUT2D eigenvalue weighted by molar-refractivity contribution is 14.1. The number of amides is 1. The minimum Gasteiger partial charge on any atom is -0.490 e. The molecule has 1 heterocycles. The first kappa shape index (κ1) is 29.0. The lowest BCUT2D eigenvalue weighted by atomic mass is 10.2. The topological polar surface area (TPSA) is 112 Å². The highest BCUT2D eigenvalue weighted by atomic mass is 127. The van der Waals surface area contributed by atoms with Crippen LogP contribution in [0.4, 0.5) is 5.69 Å². The Morgan fingerprint density at radius 3 is 2.49 bits per heavy atom. The summed E-state index contributed by atoms with van der Waals surface area (Å²) in [5.74, 6) is 3.68. The van der Waals surface area contributed by atoms with Gasteiger partial charge in [-0.15, -0.1) is 23.5 Å². The number of carbonyl (C=O) groups excluding carboxylic acids is 1. The molecule has 1 fully saturated rings. The molecule has 0 aromatic heterocycles. The Bertz CT molecular complexity index is 1320. The maximum absolute atomic E-state index is 12.2. The molecule has 9 nitrogen and oxygen atoms in total. The van der Waals surface area contributed by atoms with Gasteiger partial charge < -0.3 is 14.2 Å². The van der Waals surface area contributed by atoms with Crippen LogP contribution in [0.25, 0.3) is 0 Å². The second kappa shape index (κ2) is 14.4. The number of nitrogens with zero attached hydrogens (tertiary/aromatic N) is 2. The summed E-state index contributed by atoms with van der Waals surface area (Å²) in [4.78, 5) is 22.6. The molecule has 39 heavy (non-hydrogen) atoms. The SMILES string of the molecule is CCOc1cc(/C=N\NC(=O)COc2ccc(C3SCCS3)cc2)cc(I)c1OCc1ccc([N+](=O)[O-])cc1. The molecule has 4 rings (SSSR count).